The minimum absolute atomic E-state index is 0.128. The van der Waals surface area contributed by atoms with Gasteiger partial charge < -0.3 is 10.1 Å². The molecule has 1 N–H and O–H groups in total. The largest absolute Gasteiger partial charge is 0.435 e. The molecule has 1 aromatic carbocycles. The highest BCUT2D eigenvalue weighted by molar-refractivity contribution is 5.30. The summed E-state index contributed by atoms with van der Waals surface area (Å²) in [5.41, 5.74) is 0.982. The molecular weight excluding hydrogens is 272 g/mol. The first-order chi connectivity index (χ1) is 10.1. The maximum absolute atomic E-state index is 12.3. The molecule has 2 rings (SSSR count). The SMILES string of the molecule is CC(NC(C)C1CCCCC1)c1cccc(OC(F)F)c1. The summed E-state index contributed by atoms with van der Waals surface area (Å²) in [6, 6.07) is 7.54. The number of halogens is 2. The van der Waals surface area contributed by atoms with Gasteiger partial charge in [-0.3, -0.25) is 0 Å². The molecule has 0 bridgehead atoms. The number of rotatable bonds is 6. The van der Waals surface area contributed by atoms with Crippen LogP contribution in [0.4, 0.5) is 8.78 Å². The third-order valence-corrected chi connectivity index (χ3v) is 4.45. The molecule has 4 heteroatoms. The molecule has 0 aliphatic heterocycles. The smallest absolute Gasteiger partial charge is 0.387 e. The van der Waals surface area contributed by atoms with Crippen molar-refractivity contribution in [2.45, 2.75) is 64.6 Å². The van der Waals surface area contributed by atoms with Gasteiger partial charge in [-0.05, 0) is 50.3 Å². The van der Waals surface area contributed by atoms with Crippen LogP contribution in [0.5, 0.6) is 5.75 Å². The first-order valence-corrected chi connectivity index (χ1v) is 7.87. The Labute approximate surface area is 125 Å². The monoisotopic (exact) mass is 297 g/mol. The molecule has 0 aromatic heterocycles. The van der Waals surface area contributed by atoms with Crippen LogP contribution in [0.25, 0.3) is 0 Å². The van der Waals surface area contributed by atoms with Crippen molar-refractivity contribution in [3.05, 3.63) is 29.8 Å². The third-order valence-electron chi connectivity index (χ3n) is 4.45. The topological polar surface area (TPSA) is 21.3 Å². The zero-order valence-electron chi connectivity index (χ0n) is 12.8. The Morgan fingerprint density at radius 3 is 2.52 bits per heavy atom. The van der Waals surface area contributed by atoms with Crippen LogP contribution in [0.1, 0.15) is 57.6 Å². The zero-order valence-corrected chi connectivity index (χ0v) is 12.8. The van der Waals surface area contributed by atoms with E-state index < -0.39 is 6.61 Å². The summed E-state index contributed by atoms with van der Waals surface area (Å²) >= 11 is 0. The number of nitrogens with one attached hydrogen (secondary N) is 1. The number of ether oxygens (including phenoxy) is 1. The van der Waals surface area contributed by atoms with Crippen LogP contribution >= 0.6 is 0 Å². The lowest BCUT2D eigenvalue weighted by molar-refractivity contribution is -0.0499. The molecule has 0 saturated heterocycles. The number of benzene rings is 1. The van der Waals surface area contributed by atoms with Crippen molar-refractivity contribution in [2.24, 2.45) is 5.92 Å². The van der Waals surface area contributed by atoms with E-state index in [1.165, 1.54) is 32.1 Å². The Hall–Kier alpha value is -1.16. The number of hydrogen-bond acceptors (Lipinski definition) is 2. The molecular formula is C17H25F2NO. The van der Waals surface area contributed by atoms with Crippen molar-refractivity contribution < 1.29 is 13.5 Å². The molecule has 0 radical (unpaired) electrons. The van der Waals surface area contributed by atoms with Crippen LogP contribution in [0.2, 0.25) is 0 Å². The molecule has 2 nitrogen and oxygen atoms in total. The fraction of sp³-hybridized carbons (Fsp3) is 0.647. The molecule has 1 aliphatic rings. The van der Waals surface area contributed by atoms with Crippen LogP contribution in [0, 0.1) is 5.92 Å². The molecule has 2 unspecified atom stereocenters. The molecule has 0 spiro atoms. The van der Waals surface area contributed by atoms with Crippen LogP contribution in [0.3, 0.4) is 0 Å². The first kappa shape index (κ1) is 16.2. The second-order valence-corrected chi connectivity index (χ2v) is 6.03. The lowest BCUT2D eigenvalue weighted by Crippen LogP contribution is -2.36. The van der Waals surface area contributed by atoms with Gasteiger partial charge >= 0.3 is 6.61 Å². The van der Waals surface area contributed by atoms with Gasteiger partial charge in [0.25, 0.3) is 0 Å². The summed E-state index contributed by atoms with van der Waals surface area (Å²) in [6.07, 6.45) is 6.57. The van der Waals surface area contributed by atoms with E-state index in [9.17, 15) is 8.78 Å². The van der Waals surface area contributed by atoms with E-state index in [2.05, 4.69) is 23.9 Å². The van der Waals surface area contributed by atoms with E-state index in [1.807, 2.05) is 6.07 Å². The second-order valence-electron chi connectivity index (χ2n) is 6.03. The van der Waals surface area contributed by atoms with E-state index in [0.717, 1.165) is 11.5 Å². The average molecular weight is 297 g/mol. The van der Waals surface area contributed by atoms with Crippen molar-refractivity contribution in [1.29, 1.82) is 0 Å². The van der Waals surface area contributed by atoms with Crippen molar-refractivity contribution in [3.63, 3.8) is 0 Å². The standard InChI is InChI=1S/C17H25F2NO/c1-12(14-7-4-3-5-8-14)20-13(2)15-9-6-10-16(11-15)21-17(18)19/h6,9-14,17,20H,3-5,7-8H2,1-2H3. The maximum Gasteiger partial charge on any atom is 0.387 e. The van der Waals surface area contributed by atoms with Gasteiger partial charge in [0, 0.05) is 12.1 Å². The summed E-state index contributed by atoms with van der Waals surface area (Å²) in [6.45, 7) is 1.52. The lowest BCUT2D eigenvalue weighted by atomic mass is 9.84. The van der Waals surface area contributed by atoms with Gasteiger partial charge in [0.1, 0.15) is 5.75 Å². The van der Waals surface area contributed by atoms with E-state index in [1.54, 1.807) is 18.2 Å². The molecule has 2 atom stereocenters. The molecule has 118 valence electrons. The van der Waals surface area contributed by atoms with E-state index >= 15 is 0 Å². The maximum atomic E-state index is 12.3. The summed E-state index contributed by atoms with van der Waals surface area (Å²) in [7, 11) is 0. The quantitative estimate of drug-likeness (QED) is 0.805. The van der Waals surface area contributed by atoms with Crippen molar-refractivity contribution in [2.75, 3.05) is 0 Å². The third kappa shape index (κ3) is 4.95. The van der Waals surface area contributed by atoms with Crippen LogP contribution in [-0.2, 0) is 0 Å². The Morgan fingerprint density at radius 1 is 1.14 bits per heavy atom. The van der Waals surface area contributed by atoms with Gasteiger partial charge in [-0.25, -0.2) is 0 Å². The minimum atomic E-state index is -2.77. The zero-order chi connectivity index (χ0) is 15.2. The fourth-order valence-electron chi connectivity index (χ4n) is 3.22. The van der Waals surface area contributed by atoms with Crippen molar-refractivity contribution >= 4 is 0 Å². The number of hydrogen-bond donors (Lipinski definition) is 1. The van der Waals surface area contributed by atoms with Gasteiger partial charge in [-0.1, -0.05) is 31.4 Å². The van der Waals surface area contributed by atoms with Gasteiger partial charge in [-0.2, -0.15) is 8.78 Å². The van der Waals surface area contributed by atoms with E-state index in [-0.39, 0.29) is 11.8 Å². The van der Waals surface area contributed by atoms with Gasteiger partial charge in [0.2, 0.25) is 0 Å². The average Bonchev–Trinajstić information content (AvgIpc) is 2.47. The Morgan fingerprint density at radius 2 is 1.86 bits per heavy atom. The van der Waals surface area contributed by atoms with Gasteiger partial charge in [0.15, 0.2) is 0 Å². The molecule has 21 heavy (non-hydrogen) atoms. The van der Waals surface area contributed by atoms with Gasteiger partial charge in [-0.15, -0.1) is 0 Å². The van der Waals surface area contributed by atoms with E-state index in [4.69, 9.17) is 0 Å². The van der Waals surface area contributed by atoms with Crippen molar-refractivity contribution in [1.82, 2.24) is 5.32 Å². The Balaban J connectivity index is 1.94. The van der Waals surface area contributed by atoms with E-state index in [0.29, 0.717) is 6.04 Å². The molecule has 1 aromatic rings. The first-order valence-electron chi connectivity index (χ1n) is 7.87. The summed E-state index contributed by atoms with van der Waals surface area (Å²) in [5.74, 6) is 0.947. The van der Waals surface area contributed by atoms with Crippen LogP contribution in [-0.4, -0.2) is 12.7 Å². The normalized spacial score (nSPS) is 19.5. The van der Waals surface area contributed by atoms with Gasteiger partial charge in [0.05, 0.1) is 0 Å². The Kier molecular flexibility index (Phi) is 5.97. The fourth-order valence-corrected chi connectivity index (χ4v) is 3.22. The molecule has 1 aliphatic carbocycles. The molecule has 1 fully saturated rings. The summed E-state index contributed by atoms with van der Waals surface area (Å²) in [4.78, 5) is 0. The minimum Gasteiger partial charge on any atom is -0.435 e. The summed E-state index contributed by atoms with van der Waals surface area (Å²) < 4.78 is 29.0. The highest BCUT2D eigenvalue weighted by Crippen LogP contribution is 2.28. The van der Waals surface area contributed by atoms with Crippen molar-refractivity contribution in [3.8, 4) is 5.75 Å². The second kappa shape index (κ2) is 7.74. The molecule has 0 heterocycles. The predicted octanol–water partition coefficient (Wildman–Crippen LogP) is 4.91. The lowest BCUT2D eigenvalue weighted by Gasteiger charge is -2.31. The molecule has 0 amide bonds. The highest BCUT2D eigenvalue weighted by Gasteiger charge is 2.21. The van der Waals surface area contributed by atoms with Crippen LogP contribution < -0.4 is 10.1 Å². The Bertz CT molecular complexity index is 433. The summed E-state index contributed by atoms with van der Waals surface area (Å²) in [5, 5.41) is 3.60. The van der Waals surface area contributed by atoms with Crippen LogP contribution in [0.15, 0.2) is 24.3 Å². The highest BCUT2D eigenvalue weighted by atomic mass is 19.3. The molecule has 1 saturated carbocycles. The number of alkyl halides is 2. The predicted molar refractivity (Wildman–Crippen MR) is 80.7 cm³/mol.